The average Bonchev–Trinajstić information content (AvgIpc) is 2.63. The lowest BCUT2D eigenvalue weighted by molar-refractivity contribution is 0.340. The summed E-state index contributed by atoms with van der Waals surface area (Å²) in [5.41, 5.74) is -0.443. The van der Waals surface area contributed by atoms with Crippen LogP contribution in [-0.4, -0.2) is 39.8 Å². The molecule has 0 aromatic heterocycles. The van der Waals surface area contributed by atoms with E-state index in [2.05, 4.69) is 18.9 Å². The standard InChI is InChI=1S/C14H14N4O6S2/c1-3-25(19,20)23-17-13(9-15)11-6-5-7-12(8-11)14(10-16)18-24-26(21,22)4-2/h5-8H,3-4H2,1-2H3/b17-13-,18-14+. The average molecular weight is 398 g/mol. The molecule has 0 atom stereocenters. The third-order valence-electron chi connectivity index (χ3n) is 2.81. The number of benzene rings is 1. The Balaban J connectivity index is 3.24. The first-order chi connectivity index (χ1) is 12.2. The second-order valence-corrected chi connectivity index (χ2v) is 8.21. The van der Waals surface area contributed by atoms with E-state index in [4.69, 9.17) is 10.5 Å². The number of hydrogen-bond donors (Lipinski definition) is 0. The number of rotatable bonds is 8. The van der Waals surface area contributed by atoms with E-state index >= 15 is 0 Å². The van der Waals surface area contributed by atoms with E-state index in [-0.39, 0.29) is 34.1 Å². The molecule has 0 fully saturated rings. The monoisotopic (exact) mass is 398 g/mol. The van der Waals surface area contributed by atoms with Crippen molar-refractivity contribution in [3.05, 3.63) is 35.4 Å². The zero-order valence-corrected chi connectivity index (χ0v) is 15.4. The highest BCUT2D eigenvalue weighted by Gasteiger charge is 2.13. The minimum absolute atomic E-state index is 0.137. The molecule has 0 aliphatic carbocycles. The summed E-state index contributed by atoms with van der Waals surface area (Å²) >= 11 is 0. The molecule has 138 valence electrons. The van der Waals surface area contributed by atoms with Crippen molar-refractivity contribution < 1.29 is 25.4 Å². The first-order valence-corrected chi connectivity index (χ1v) is 10.2. The van der Waals surface area contributed by atoms with Gasteiger partial charge in [0.1, 0.15) is 12.1 Å². The fourth-order valence-corrected chi connectivity index (χ4v) is 1.97. The zero-order valence-electron chi connectivity index (χ0n) is 13.8. The molecule has 10 nitrogen and oxygen atoms in total. The third-order valence-corrected chi connectivity index (χ3v) is 4.83. The summed E-state index contributed by atoms with van der Waals surface area (Å²) in [7, 11) is -7.79. The molecule has 0 aliphatic rings. The minimum atomic E-state index is -3.89. The van der Waals surface area contributed by atoms with Crippen molar-refractivity contribution >= 4 is 31.7 Å². The summed E-state index contributed by atoms with van der Waals surface area (Å²) in [5, 5.41) is 24.8. The van der Waals surface area contributed by atoms with Gasteiger partial charge < -0.3 is 0 Å². The van der Waals surface area contributed by atoms with E-state index < -0.39 is 20.2 Å². The first-order valence-electron chi connectivity index (χ1n) is 7.07. The molecular weight excluding hydrogens is 384 g/mol. The van der Waals surface area contributed by atoms with E-state index in [1.165, 1.54) is 38.1 Å². The SMILES string of the molecule is CCS(=O)(=O)O/N=C(\C#N)c1cccc(/C(C#N)=N\OS(=O)(=O)CC)c1. The van der Waals surface area contributed by atoms with Crippen molar-refractivity contribution in [1.29, 1.82) is 10.5 Å². The van der Waals surface area contributed by atoms with Crippen LogP contribution in [0.2, 0.25) is 0 Å². The molecule has 0 radical (unpaired) electrons. The Morgan fingerprint density at radius 1 is 0.923 bits per heavy atom. The van der Waals surface area contributed by atoms with Crippen LogP contribution < -0.4 is 0 Å². The van der Waals surface area contributed by atoms with Gasteiger partial charge in [0.2, 0.25) is 0 Å². The van der Waals surface area contributed by atoms with Crippen LogP contribution >= 0.6 is 0 Å². The minimum Gasteiger partial charge on any atom is -0.267 e. The summed E-state index contributed by atoms with van der Waals surface area (Å²) in [4.78, 5) is 0. The van der Waals surface area contributed by atoms with Crippen LogP contribution in [0.15, 0.2) is 34.6 Å². The molecule has 1 aromatic carbocycles. The van der Waals surface area contributed by atoms with Crippen LogP contribution in [0.3, 0.4) is 0 Å². The second kappa shape index (κ2) is 8.94. The molecule has 0 spiro atoms. The Bertz CT molecular complexity index is 935. The topological polar surface area (TPSA) is 159 Å². The predicted octanol–water partition coefficient (Wildman–Crippen LogP) is 0.875. The summed E-state index contributed by atoms with van der Waals surface area (Å²) in [6, 6.07) is 8.92. The van der Waals surface area contributed by atoms with Gasteiger partial charge in [0.05, 0.1) is 11.5 Å². The Kier molecular flexibility index (Phi) is 7.25. The number of nitrogens with zero attached hydrogens (tertiary/aromatic N) is 4. The maximum atomic E-state index is 11.3. The zero-order chi connectivity index (χ0) is 19.8. The van der Waals surface area contributed by atoms with Gasteiger partial charge in [0.15, 0.2) is 11.4 Å². The fraction of sp³-hybridized carbons (Fsp3) is 0.286. The van der Waals surface area contributed by atoms with Crippen LogP contribution in [0.4, 0.5) is 0 Å². The van der Waals surface area contributed by atoms with E-state index in [1.54, 1.807) is 12.1 Å². The van der Waals surface area contributed by atoms with Gasteiger partial charge in [-0.05, 0) is 19.9 Å². The molecule has 26 heavy (non-hydrogen) atoms. The quantitative estimate of drug-likeness (QED) is 0.460. The van der Waals surface area contributed by atoms with Gasteiger partial charge in [-0.3, -0.25) is 8.57 Å². The van der Waals surface area contributed by atoms with Crippen LogP contribution in [0.5, 0.6) is 0 Å². The predicted molar refractivity (Wildman–Crippen MR) is 91.8 cm³/mol. The molecule has 0 amide bonds. The van der Waals surface area contributed by atoms with Crippen LogP contribution in [0.25, 0.3) is 0 Å². The summed E-state index contributed by atoms with van der Waals surface area (Å²) in [6.07, 6.45) is 0. The highest BCUT2D eigenvalue weighted by molar-refractivity contribution is 7.86. The van der Waals surface area contributed by atoms with Crippen molar-refractivity contribution in [2.24, 2.45) is 10.3 Å². The first kappa shape index (κ1) is 21.1. The van der Waals surface area contributed by atoms with Crippen LogP contribution in [0, 0.1) is 22.7 Å². The van der Waals surface area contributed by atoms with Crippen LogP contribution in [0.1, 0.15) is 25.0 Å². The molecule has 0 saturated heterocycles. The lowest BCUT2D eigenvalue weighted by Gasteiger charge is -2.03. The summed E-state index contributed by atoms with van der Waals surface area (Å²) in [6.45, 7) is 2.69. The van der Waals surface area contributed by atoms with E-state index in [0.29, 0.717) is 0 Å². The number of nitriles is 2. The Morgan fingerprint density at radius 2 is 1.31 bits per heavy atom. The van der Waals surface area contributed by atoms with E-state index in [9.17, 15) is 16.8 Å². The highest BCUT2D eigenvalue weighted by atomic mass is 32.2. The molecule has 0 N–H and O–H groups in total. The summed E-state index contributed by atoms with van der Waals surface area (Å²) < 4.78 is 53.9. The highest BCUT2D eigenvalue weighted by Crippen LogP contribution is 2.10. The van der Waals surface area contributed by atoms with Gasteiger partial charge >= 0.3 is 20.2 Å². The number of oxime groups is 2. The van der Waals surface area contributed by atoms with Crippen molar-refractivity contribution in [2.45, 2.75) is 13.8 Å². The molecule has 0 bridgehead atoms. The fourth-order valence-electron chi connectivity index (χ4n) is 1.38. The van der Waals surface area contributed by atoms with Crippen molar-refractivity contribution in [2.75, 3.05) is 11.5 Å². The molecule has 0 heterocycles. The molecule has 1 rings (SSSR count). The lowest BCUT2D eigenvalue weighted by Crippen LogP contribution is -2.09. The van der Waals surface area contributed by atoms with Gasteiger partial charge in [-0.15, -0.1) is 0 Å². The van der Waals surface area contributed by atoms with Gasteiger partial charge in [0.25, 0.3) is 0 Å². The van der Waals surface area contributed by atoms with Gasteiger partial charge in [0, 0.05) is 11.1 Å². The van der Waals surface area contributed by atoms with Crippen LogP contribution in [-0.2, 0) is 28.8 Å². The normalized spacial score (nSPS) is 12.8. The van der Waals surface area contributed by atoms with Crippen molar-refractivity contribution in [1.82, 2.24) is 0 Å². The van der Waals surface area contributed by atoms with E-state index in [1.807, 2.05) is 0 Å². The maximum Gasteiger partial charge on any atom is 0.328 e. The lowest BCUT2D eigenvalue weighted by atomic mass is 10.0. The van der Waals surface area contributed by atoms with Gasteiger partial charge in [-0.1, -0.05) is 28.5 Å². The molecule has 0 saturated carbocycles. The maximum absolute atomic E-state index is 11.3. The molecule has 0 aliphatic heterocycles. The van der Waals surface area contributed by atoms with Gasteiger partial charge in [-0.25, -0.2) is 0 Å². The Labute approximate surface area is 151 Å². The number of hydrogen-bond acceptors (Lipinski definition) is 10. The second-order valence-electron chi connectivity index (χ2n) is 4.53. The molecular formula is C14H14N4O6S2. The third kappa shape index (κ3) is 6.16. The molecule has 1 aromatic rings. The Morgan fingerprint density at radius 3 is 1.62 bits per heavy atom. The van der Waals surface area contributed by atoms with Crippen molar-refractivity contribution in [3.8, 4) is 12.1 Å². The largest absolute Gasteiger partial charge is 0.328 e. The van der Waals surface area contributed by atoms with Crippen molar-refractivity contribution in [3.63, 3.8) is 0 Å². The smallest absolute Gasteiger partial charge is 0.267 e. The van der Waals surface area contributed by atoms with E-state index in [0.717, 1.165) is 0 Å². The van der Waals surface area contributed by atoms with Gasteiger partial charge in [-0.2, -0.15) is 27.4 Å². The molecule has 0 unspecified atom stereocenters. The summed E-state index contributed by atoms with van der Waals surface area (Å²) in [5.74, 6) is -0.659. The Hall–Kier alpha value is -2.96. The molecule has 12 heteroatoms.